The van der Waals surface area contributed by atoms with Crippen molar-refractivity contribution in [1.82, 2.24) is 15.1 Å². The molecule has 0 aromatic rings. The number of rotatable bonds is 9. The molecule has 3 rings (SSSR count). The molecule has 0 aromatic heterocycles. The van der Waals surface area contributed by atoms with Crippen LogP contribution in [0.25, 0.3) is 0 Å². The Morgan fingerprint density at radius 1 is 1.35 bits per heavy atom. The molecule has 1 N–H and O–H groups in total. The molecule has 1 fully saturated rings. The van der Waals surface area contributed by atoms with Crippen LogP contribution in [0.5, 0.6) is 0 Å². The fraction of sp³-hybridized carbons (Fsp3) is 0.583. The van der Waals surface area contributed by atoms with Crippen molar-refractivity contribution in [3.8, 4) is 0 Å². The Hall–Kier alpha value is -2.56. The monoisotopic (exact) mass is 471 g/mol. The number of carbonyl (C=O) groups is 2. The highest BCUT2D eigenvalue weighted by molar-refractivity contribution is 6.11. The third-order valence-corrected chi connectivity index (χ3v) is 5.89. The minimum Gasteiger partial charge on any atom is -0.460 e. The number of hydrogen-bond acceptors (Lipinski definition) is 9. The number of carbonyl (C=O) groups excluding carboxylic acids is 2. The molecule has 10 heteroatoms. The van der Waals surface area contributed by atoms with E-state index in [9.17, 15) is 9.59 Å². The van der Waals surface area contributed by atoms with Crippen molar-refractivity contribution in [2.24, 2.45) is 0 Å². The van der Waals surface area contributed by atoms with Crippen LogP contribution in [0.4, 0.5) is 4.79 Å². The maximum absolute atomic E-state index is 12.0. The Labute approximate surface area is 202 Å². The second-order valence-electron chi connectivity index (χ2n) is 8.54. The van der Waals surface area contributed by atoms with Gasteiger partial charge in [0.05, 0.1) is 0 Å². The first kappa shape index (κ1) is 26.1. The lowest BCUT2D eigenvalue weighted by atomic mass is 9.96. The second kappa shape index (κ2) is 12.8. The van der Waals surface area contributed by atoms with E-state index >= 15 is 0 Å². The van der Waals surface area contributed by atoms with Crippen molar-refractivity contribution >= 4 is 20.0 Å². The maximum atomic E-state index is 12.0. The SMILES string of the molecule is [B][C@H]1CC(OC(C)=O)C(COC(=O)OCCN(C)C2C=CC=C(/C=C/C3C=CCCN3)N2C)O1. The molecule has 0 aromatic carbocycles. The minimum absolute atomic E-state index is 0.0250. The third kappa shape index (κ3) is 7.75. The van der Waals surface area contributed by atoms with Gasteiger partial charge in [-0.05, 0) is 38.2 Å². The Morgan fingerprint density at radius 3 is 2.91 bits per heavy atom. The zero-order valence-corrected chi connectivity index (χ0v) is 20.1. The molecular weight excluding hydrogens is 437 g/mol. The van der Waals surface area contributed by atoms with Crippen molar-refractivity contribution in [3.63, 3.8) is 0 Å². The normalized spacial score (nSPS) is 28.9. The molecule has 0 spiro atoms. The van der Waals surface area contributed by atoms with Gasteiger partial charge < -0.3 is 29.2 Å². The summed E-state index contributed by atoms with van der Waals surface area (Å²) in [6.45, 7) is 2.88. The standard InChI is InChI=1S/C24H34BN3O6/c1-17(29)33-20-15-22(25)34-21(20)16-32-24(30)31-14-13-27(2)23-9-6-8-19(28(23)3)11-10-18-7-4-5-12-26-18/h4,6-11,18,20-23,26H,5,12-16H2,1-3H3/b11-10+/t18?,20?,21?,22-,23?/m1/s1. The van der Waals surface area contributed by atoms with Gasteiger partial charge in [-0.3, -0.25) is 9.69 Å². The predicted molar refractivity (Wildman–Crippen MR) is 128 cm³/mol. The second-order valence-corrected chi connectivity index (χ2v) is 8.54. The number of nitrogens with one attached hydrogen (secondary N) is 1. The van der Waals surface area contributed by atoms with E-state index in [4.69, 9.17) is 26.8 Å². The fourth-order valence-corrected chi connectivity index (χ4v) is 4.08. The molecule has 3 aliphatic heterocycles. The molecule has 5 atom stereocenters. The van der Waals surface area contributed by atoms with Crippen molar-refractivity contribution < 1.29 is 28.5 Å². The summed E-state index contributed by atoms with van der Waals surface area (Å²) in [7, 11) is 9.75. The molecule has 34 heavy (non-hydrogen) atoms. The van der Waals surface area contributed by atoms with Crippen LogP contribution in [0.3, 0.4) is 0 Å². The zero-order chi connectivity index (χ0) is 24.5. The summed E-state index contributed by atoms with van der Waals surface area (Å²) < 4.78 is 21.0. The molecule has 0 aliphatic carbocycles. The van der Waals surface area contributed by atoms with Crippen LogP contribution in [0, 0.1) is 0 Å². The Kier molecular flexibility index (Phi) is 9.80. The number of allylic oxidation sites excluding steroid dienone is 3. The molecule has 4 unspecified atom stereocenters. The van der Waals surface area contributed by atoms with Crippen molar-refractivity contribution in [2.75, 3.05) is 40.4 Å². The summed E-state index contributed by atoms with van der Waals surface area (Å²) in [6, 6.07) is -0.313. The highest BCUT2D eigenvalue weighted by atomic mass is 16.7. The largest absolute Gasteiger partial charge is 0.508 e. The van der Waals surface area contributed by atoms with Gasteiger partial charge in [-0.2, -0.15) is 0 Å². The highest BCUT2D eigenvalue weighted by Crippen LogP contribution is 2.22. The van der Waals surface area contributed by atoms with Gasteiger partial charge in [0.1, 0.15) is 39.4 Å². The molecule has 1 saturated heterocycles. The van der Waals surface area contributed by atoms with Gasteiger partial charge in [-0.15, -0.1) is 0 Å². The van der Waals surface area contributed by atoms with Crippen LogP contribution in [0.2, 0.25) is 0 Å². The molecule has 3 aliphatic rings. The first-order chi connectivity index (χ1) is 16.3. The van der Waals surface area contributed by atoms with Gasteiger partial charge in [-0.1, -0.05) is 24.3 Å². The van der Waals surface area contributed by atoms with E-state index in [1.807, 2.05) is 20.2 Å². The smallest absolute Gasteiger partial charge is 0.460 e. The predicted octanol–water partition coefficient (Wildman–Crippen LogP) is 1.47. The average molecular weight is 471 g/mol. The minimum atomic E-state index is -0.803. The van der Waals surface area contributed by atoms with Gasteiger partial charge in [0.25, 0.3) is 0 Å². The van der Waals surface area contributed by atoms with Crippen molar-refractivity contribution in [1.29, 1.82) is 0 Å². The summed E-state index contributed by atoms with van der Waals surface area (Å²) in [5, 5.41) is 3.44. The topological polar surface area (TPSA) is 89.6 Å². The lowest BCUT2D eigenvalue weighted by molar-refractivity contribution is -0.150. The van der Waals surface area contributed by atoms with Crippen molar-refractivity contribution in [2.45, 2.75) is 50.2 Å². The maximum Gasteiger partial charge on any atom is 0.508 e. The molecule has 0 saturated carbocycles. The number of hydrogen-bond donors (Lipinski definition) is 1. The molecule has 2 radical (unpaired) electrons. The van der Waals surface area contributed by atoms with E-state index in [1.165, 1.54) is 6.92 Å². The summed E-state index contributed by atoms with van der Waals surface area (Å²) >= 11 is 0. The number of nitrogens with zero attached hydrogens (tertiary/aromatic N) is 2. The summed E-state index contributed by atoms with van der Waals surface area (Å²) in [6.07, 6.45) is 14.3. The van der Waals surface area contributed by atoms with Crippen LogP contribution in [-0.4, -0.2) is 101 Å². The zero-order valence-electron chi connectivity index (χ0n) is 20.1. The summed E-state index contributed by atoms with van der Waals surface area (Å²) in [5.41, 5.74) is 1.09. The summed E-state index contributed by atoms with van der Waals surface area (Å²) in [4.78, 5) is 27.5. The van der Waals surface area contributed by atoms with E-state index in [0.717, 1.165) is 18.7 Å². The first-order valence-electron chi connectivity index (χ1n) is 11.6. The Balaban J connectivity index is 1.38. The first-order valence-corrected chi connectivity index (χ1v) is 11.6. The molecule has 184 valence electrons. The number of likely N-dealkylation sites (N-methyl/N-ethyl adjacent to an activating group) is 2. The number of ether oxygens (including phenoxy) is 4. The number of esters is 1. The van der Waals surface area contributed by atoms with E-state index in [0.29, 0.717) is 13.0 Å². The quantitative estimate of drug-likeness (QED) is 0.305. The Morgan fingerprint density at radius 2 is 2.18 bits per heavy atom. The van der Waals surface area contributed by atoms with Crippen LogP contribution < -0.4 is 5.32 Å². The lowest BCUT2D eigenvalue weighted by Gasteiger charge is -2.37. The molecule has 9 nitrogen and oxygen atoms in total. The van der Waals surface area contributed by atoms with Gasteiger partial charge in [0.2, 0.25) is 0 Å². The average Bonchev–Trinajstić information content (AvgIpc) is 3.15. The fourth-order valence-electron chi connectivity index (χ4n) is 4.08. The molecule has 0 bridgehead atoms. The van der Waals surface area contributed by atoms with Crippen LogP contribution >= 0.6 is 0 Å². The van der Waals surface area contributed by atoms with Gasteiger partial charge in [0, 0.05) is 44.7 Å². The molecular formula is C24H34BN3O6. The van der Waals surface area contributed by atoms with E-state index in [-0.39, 0.29) is 25.4 Å². The Bertz CT molecular complexity index is 830. The van der Waals surface area contributed by atoms with Gasteiger partial charge in [0.15, 0.2) is 0 Å². The van der Waals surface area contributed by atoms with Gasteiger partial charge >= 0.3 is 12.1 Å². The third-order valence-electron chi connectivity index (χ3n) is 5.89. The van der Waals surface area contributed by atoms with Crippen LogP contribution in [-0.2, 0) is 23.7 Å². The molecule has 3 heterocycles. The van der Waals surface area contributed by atoms with Gasteiger partial charge in [-0.25, -0.2) is 4.79 Å². The summed E-state index contributed by atoms with van der Waals surface area (Å²) in [5.74, 6) is -0.434. The lowest BCUT2D eigenvalue weighted by Crippen LogP contribution is -2.45. The van der Waals surface area contributed by atoms with Crippen LogP contribution in [0.15, 0.2) is 48.2 Å². The van der Waals surface area contributed by atoms with Crippen LogP contribution in [0.1, 0.15) is 19.8 Å². The van der Waals surface area contributed by atoms with Crippen molar-refractivity contribution in [3.05, 3.63) is 48.2 Å². The highest BCUT2D eigenvalue weighted by Gasteiger charge is 2.36. The van der Waals surface area contributed by atoms with E-state index in [1.54, 1.807) is 0 Å². The van der Waals surface area contributed by atoms with E-state index in [2.05, 4.69) is 51.6 Å². The molecule has 0 amide bonds. The van der Waals surface area contributed by atoms with E-state index < -0.39 is 30.3 Å².